The van der Waals surface area contributed by atoms with Crippen LogP contribution in [0, 0.1) is 0 Å². The van der Waals surface area contributed by atoms with Gasteiger partial charge in [-0.15, -0.1) is 5.10 Å². The molecule has 1 aromatic heterocycles. The number of benzene rings is 4. The number of hydrogen-bond acceptors (Lipinski definition) is 7. The zero-order valence-corrected chi connectivity index (χ0v) is 24.1. The first-order valence-corrected chi connectivity index (χ1v) is 13.8. The molecule has 9 nitrogen and oxygen atoms in total. The van der Waals surface area contributed by atoms with Crippen LogP contribution < -0.4 is 24.8 Å². The molecule has 0 saturated carbocycles. The molecule has 4 aromatic carbocycles. The Morgan fingerprint density at radius 2 is 1.65 bits per heavy atom. The van der Waals surface area contributed by atoms with Gasteiger partial charge in [-0.25, -0.2) is 4.68 Å². The number of rotatable bonds is 9. The molecule has 0 saturated heterocycles. The van der Waals surface area contributed by atoms with Crippen LogP contribution in [-0.4, -0.2) is 34.9 Å². The molecule has 1 unspecified atom stereocenters. The molecule has 1 amide bonds. The second-order valence-electron chi connectivity index (χ2n) is 10.00. The molecule has 0 aliphatic carbocycles. The Labute approximate surface area is 249 Å². The summed E-state index contributed by atoms with van der Waals surface area (Å²) in [7, 11) is 3.20. The van der Waals surface area contributed by atoms with E-state index in [9.17, 15) is 4.79 Å². The van der Waals surface area contributed by atoms with Crippen LogP contribution in [0.2, 0.25) is 0 Å². The van der Waals surface area contributed by atoms with Crippen LogP contribution in [0.3, 0.4) is 0 Å². The van der Waals surface area contributed by atoms with E-state index in [1.54, 1.807) is 31.0 Å². The van der Waals surface area contributed by atoms with Crippen LogP contribution >= 0.6 is 0 Å². The van der Waals surface area contributed by atoms with E-state index in [2.05, 4.69) is 10.6 Å². The quantitative estimate of drug-likeness (QED) is 0.209. The fourth-order valence-corrected chi connectivity index (χ4v) is 5.07. The Hall–Kier alpha value is -5.57. The van der Waals surface area contributed by atoms with Crippen molar-refractivity contribution in [2.75, 3.05) is 24.9 Å². The highest BCUT2D eigenvalue weighted by Crippen LogP contribution is 2.38. The molecule has 6 rings (SSSR count). The first kappa shape index (κ1) is 27.6. The summed E-state index contributed by atoms with van der Waals surface area (Å²) >= 11 is 0. The summed E-state index contributed by atoms with van der Waals surface area (Å²) in [6, 6.07) is 32.0. The zero-order valence-electron chi connectivity index (χ0n) is 24.1. The van der Waals surface area contributed by atoms with Gasteiger partial charge in [0.25, 0.3) is 5.91 Å². The molecule has 43 heavy (non-hydrogen) atoms. The Bertz CT molecular complexity index is 1780. The monoisotopic (exact) mass is 573 g/mol. The number of nitrogens with zero attached hydrogens (tertiary/aromatic N) is 3. The van der Waals surface area contributed by atoms with Gasteiger partial charge in [0.2, 0.25) is 5.95 Å². The fourth-order valence-electron chi connectivity index (χ4n) is 5.07. The summed E-state index contributed by atoms with van der Waals surface area (Å²) in [5.74, 6) is 2.74. The van der Waals surface area contributed by atoms with Gasteiger partial charge in [-0.1, -0.05) is 54.6 Å². The van der Waals surface area contributed by atoms with E-state index in [1.807, 2.05) is 97.9 Å². The minimum atomic E-state index is -0.592. The van der Waals surface area contributed by atoms with Crippen molar-refractivity contribution in [3.63, 3.8) is 0 Å². The zero-order chi connectivity index (χ0) is 29.8. The summed E-state index contributed by atoms with van der Waals surface area (Å²) < 4.78 is 18.7. The van der Waals surface area contributed by atoms with Gasteiger partial charge in [-0.05, 0) is 66.6 Å². The number of carbonyl (C=O) groups excluding carboxylic acids is 1. The van der Waals surface area contributed by atoms with Gasteiger partial charge in [0, 0.05) is 11.3 Å². The SMILES string of the molecule is COc1ccc(-c2nc3n(n2)C(c2cccc(OCc4ccccc4)c2)C(C(=O)Nc2ccccc2OC)=C(C)N3)cc1. The van der Waals surface area contributed by atoms with Gasteiger partial charge in [0.1, 0.15) is 29.9 Å². The summed E-state index contributed by atoms with van der Waals surface area (Å²) in [6.45, 7) is 2.29. The molecule has 0 bridgehead atoms. The van der Waals surface area contributed by atoms with Crippen LogP contribution in [0.25, 0.3) is 11.4 Å². The van der Waals surface area contributed by atoms with Gasteiger partial charge in [0.15, 0.2) is 5.82 Å². The molecule has 0 spiro atoms. The number of hydrogen-bond donors (Lipinski definition) is 2. The average molecular weight is 574 g/mol. The third-order valence-electron chi connectivity index (χ3n) is 7.22. The number of ether oxygens (including phenoxy) is 3. The van der Waals surface area contributed by atoms with Crippen LogP contribution in [0.15, 0.2) is 114 Å². The van der Waals surface area contributed by atoms with E-state index in [1.165, 1.54) is 0 Å². The molecule has 2 N–H and O–H groups in total. The van der Waals surface area contributed by atoms with E-state index in [4.69, 9.17) is 24.3 Å². The summed E-state index contributed by atoms with van der Waals surface area (Å²) in [5, 5.41) is 11.2. The lowest BCUT2D eigenvalue weighted by molar-refractivity contribution is -0.113. The number of methoxy groups -OCH3 is 2. The van der Waals surface area contributed by atoms with Crippen LogP contribution in [0.5, 0.6) is 17.2 Å². The lowest BCUT2D eigenvalue weighted by Crippen LogP contribution is -2.31. The van der Waals surface area contributed by atoms with E-state index >= 15 is 0 Å². The first-order valence-electron chi connectivity index (χ1n) is 13.8. The summed E-state index contributed by atoms with van der Waals surface area (Å²) in [4.78, 5) is 18.8. The second-order valence-corrected chi connectivity index (χ2v) is 10.00. The van der Waals surface area contributed by atoms with Crippen molar-refractivity contribution in [1.29, 1.82) is 0 Å². The van der Waals surface area contributed by atoms with E-state index in [0.29, 0.717) is 46.8 Å². The highest BCUT2D eigenvalue weighted by molar-refractivity contribution is 6.06. The first-order chi connectivity index (χ1) is 21.0. The molecule has 9 heteroatoms. The number of amides is 1. The molecule has 0 fully saturated rings. The maximum Gasteiger partial charge on any atom is 0.255 e. The Morgan fingerprint density at radius 3 is 2.42 bits per heavy atom. The molecule has 1 aliphatic rings. The number of anilines is 2. The minimum Gasteiger partial charge on any atom is -0.497 e. The summed E-state index contributed by atoms with van der Waals surface area (Å²) in [5.41, 5.74) is 4.42. The lowest BCUT2D eigenvalue weighted by Gasteiger charge is -2.29. The van der Waals surface area contributed by atoms with E-state index in [0.717, 1.165) is 22.4 Å². The van der Waals surface area contributed by atoms with Crippen molar-refractivity contribution in [3.05, 3.63) is 126 Å². The third kappa shape index (κ3) is 5.78. The van der Waals surface area contributed by atoms with Crippen LogP contribution in [0.4, 0.5) is 11.6 Å². The number of para-hydroxylation sites is 2. The molecule has 1 aliphatic heterocycles. The lowest BCUT2D eigenvalue weighted by atomic mass is 9.94. The minimum absolute atomic E-state index is 0.290. The smallest absolute Gasteiger partial charge is 0.255 e. The number of allylic oxidation sites excluding steroid dienone is 1. The maximum atomic E-state index is 14.0. The van der Waals surface area contributed by atoms with Crippen molar-refractivity contribution in [3.8, 4) is 28.6 Å². The summed E-state index contributed by atoms with van der Waals surface area (Å²) in [6.07, 6.45) is 0. The molecule has 1 atom stereocenters. The van der Waals surface area contributed by atoms with Crippen molar-refractivity contribution in [2.45, 2.75) is 19.6 Å². The fraction of sp³-hybridized carbons (Fsp3) is 0.147. The van der Waals surface area contributed by atoms with E-state index < -0.39 is 6.04 Å². The van der Waals surface area contributed by atoms with Crippen molar-refractivity contribution in [1.82, 2.24) is 14.8 Å². The Kier molecular flexibility index (Phi) is 7.78. The van der Waals surface area contributed by atoms with Gasteiger partial charge in [0.05, 0.1) is 25.5 Å². The molecule has 0 radical (unpaired) electrons. The topological polar surface area (TPSA) is 99.5 Å². The third-order valence-corrected chi connectivity index (χ3v) is 7.22. The maximum absolute atomic E-state index is 14.0. The van der Waals surface area contributed by atoms with Gasteiger partial charge >= 0.3 is 0 Å². The van der Waals surface area contributed by atoms with Crippen molar-refractivity contribution in [2.24, 2.45) is 0 Å². The standard InChI is InChI=1S/C34H31N5O4/c1-22-30(33(40)36-28-14-7-8-15-29(28)42-3)31(25-12-9-13-27(20-25)43-21-23-10-5-4-6-11-23)39-34(35-22)37-32(38-39)24-16-18-26(41-2)19-17-24/h4-20,31H,21H2,1-3H3,(H,36,40)(H,35,37,38). The normalized spacial score (nSPS) is 14.0. The van der Waals surface area contributed by atoms with Crippen molar-refractivity contribution < 1.29 is 19.0 Å². The number of carbonyl (C=O) groups is 1. The molecular formula is C34H31N5O4. The molecule has 5 aromatic rings. The van der Waals surface area contributed by atoms with Crippen LogP contribution in [-0.2, 0) is 11.4 Å². The predicted molar refractivity (Wildman–Crippen MR) is 165 cm³/mol. The molecule has 216 valence electrons. The molecular weight excluding hydrogens is 542 g/mol. The highest BCUT2D eigenvalue weighted by atomic mass is 16.5. The number of fused-ring (bicyclic) bond motifs is 1. The largest absolute Gasteiger partial charge is 0.497 e. The average Bonchev–Trinajstić information content (AvgIpc) is 3.47. The Morgan fingerprint density at radius 1 is 0.884 bits per heavy atom. The number of aromatic nitrogens is 3. The van der Waals surface area contributed by atoms with Crippen molar-refractivity contribution >= 4 is 17.5 Å². The van der Waals surface area contributed by atoms with E-state index in [-0.39, 0.29) is 5.91 Å². The predicted octanol–water partition coefficient (Wildman–Crippen LogP) is 6.47. The van der Waals surface area contributed by atoms with Gasteiger partial charge in [-0.3, -0.25) is 4.79 Å². The van der Waals surface area contributed by atoms with Gasteiger partial charge in [-0.2, -0.15) is 4.98 Å². The van der Waals surface area contributed by atoms with Gasteiger partial charge < -0.3 is 24.8 Å². The van der Waals surface area contributed by atoms with Crippen LogP contribution in [0.1, 0.15) is 24.1 Å². The number of nitrogens with one attached hydrogen (secondary N) is 2. The highest BCUT2D eigenvalue weighted by Gasteiger charge is 2.35. The molecule has 2 heterocycles. The Balaban J connectivity index is 1.39. The second kappa shape index (κ2) is 12.1.